The van der Waals surface area contributed by atoms with Crippen LogP contribution in [0.25, 0.3) is 22.5 Å². The van der Waals surface area contributed by atoms with Crippen molar-refractivity contribution in [3.05, 3.63) is 65.5 Å². The maximum Gasteiger partial charge on any atom is 0.432 e. The molecule has 0 saturated heterocycles. The van der Waals surface area contributed by atoms with Gasteiger partial charge in [-0.15, -0.1) is 5.10 Å². The number of aromatic nitrogens is 4. The van der Waals surface area contributed by atoms with Crippen LogP contribution in [0.2, 0.25) is 0 Å². The number of benzene rings is 2. The first-order valence-electron chi connectivity index (χ1n) is 12.5. The summed E-state index contributed by atoms with van der Waals surface area (Å²) in [4.78, 5) is 3.43. The van der Waals surface area contributed by atoms with Crippen LogP contribution in [-0.4, -0.2) is 49.8 Å². The fraction of sp³-hybridized carbons (Fsp3) is 0.444. The maximum atomic E-state index is 14.2. The van der Waals surface area contributed by atoms with Crippen LogP contribution in [0.4, 0.5) is 13.2 Å². The number of halogens is 3. The molecule has 0 spiro atoms. The molecular formula is C27H33F3N6. The van der Waals surface area contributed by atoms with Crippen LogP contribution in [0.15, 0.2) is 59.9 Å². The van der Waals surface area contributed by atoms with Gasteiger partial charge in [0.15, 0.2) is 5.82 Å². The van der Waals surface area contributed by atoms with Crippen molar-refractivity contribution in [2.24, 2.45) is 5.92 Å². The summed E-state index contributed by atoms with van der Waals surface area (Å²) in [6.45, 7) is 7.21. The Bertz CT molecular complexity index is 1150. The number of H-pyrrole nitrogens is 1. The van der Waals surface area contributed by atoms with E-state index >= 15 is 0 Å². The molecule has 36 heavy (non-hydrogen) atoms. The smallest absolute Gasteiger partial charge is 0.351 e. The summed E-state index contributed by atoms with van der Waals surface area (Å²) in [6, 6.07) is 15.8. The van der Waals surface area contributed by atoms with E-state index in [4.69, 9.17) is 0 Å². The van der Waals surface area contributed by atoms with E-state index in [0.717, 1.165) is 41.5 Å². The van der Waals surface area contributed by atoms with E-state index in [9.17, 15) is 13.2 Å². The van der Waals surface area contributed by atoms with Gasteiger partial charge in [-0.2, -0.15) is 13.2 Å². The molecule has 0 fully saturated rings. The molecule has 6 nitrogen and oxygen atoms in total. The first kappa shape index (κ1) is 25.7. The number of allylic oxidation sites excluding steroid dienone is 2. The van der Waals surface area contributed by atoms with E-state index in [1.807, 2.05) is 74.2 Å². The summed E-state index contributed by atoms with van der Waals surface area (Å²) >= 11 is 0. The number of nitrogens with one attached hydrogen (secondary N) is 1. The Kier molecular flexibility index (Phi) is 7.96. The van der Waals surface area contributed by atoms with Crippen molar-refractivity contribution in [2.75, 3.05) is 13.2 Å². The molecule has 0 amide bonds. The quantitative estimate of drug-likeness (QED) is 0.340. The van der Waals surface area contributed by atoms with Crippen molar-refractivity contribution in [1.82, 2.24) is 30.4 Å². The van der Waals surface area contributed by atoms with Crippen molar-refractivity contribution in [2.45, 2.75) is 59.2 Å². The van der Waals surface area contributed by atoms with Crippen molar-refractivity contribution in [1.29, 1.82) is 0 Å². The molecule has 0 unspecified atom stereocenters. The highest BCUT2D eigenvalue weighted by molar-refractivity contribution is 5.80. The number of unbranched alkanes of at least 4 members (excludes halogenated alkanes) is 1. The SMILES string of the molecule is CCCCC1=C(C(F)(F)F)N(CCC(C)C)CN1Cc1ccc(-c2ccccc2-c2nnn[nH]2)cc1. The van der Waals surface area contributed by atoms with E-state index in [-0.39, 0.29) is 6.67 Å². The zero-order valence-electron chi connectivity index (χ0n) is 21.0. The molecule has 1 aromatic heterocycles. The minimum absolute atomic E-state index is 0.268. The van der Waals surface area contributed by atoms with E-state index in [0.29, 0.717) is 36.9 Å². The third-order valence-corrected chi connectivity index (χ3v) is 6.49. The Balaban J connectivity index is 1.58. The fourth-order valence-corrected chi connectivity index (χ4v) is 4.62. The first-order valence-corrected chi connectivity index (χ1v) is 12.5. The summed E-state index contributed by atoms with van der Waals surface area (Å²) in [5.41, 5.74) is 3.78. The van der Waals surface area contributed by atoms with Crippen molar-refractivity contribution in [3.8, 4) is 22.5 Å². The second-order valence-electron chi connectivity index (χ2n) is 9.67. The van der Waals surface area contributed by atoms with Gasteiger partial charge in [0.1, 0.15) is 5.70 Å². The van der Waals surface area contributed by atoms with Crippen LogP contribution < -0.4 is 0 Å². The van der Waals surface area contributed by atoms with Crippen LogP contribution in [0.3, 0.4) is 0 Å². The van der Waals surface area contributed by atoms with Gasteiger partial charge >= 0.3 is 6.18 Å². The largest absolute Gasteiger partial charge is 0.432 e. The molecule has 2 heterocycles. The van der Waals surface area contributed by atoms with Crippen LogP contribution in [0.5, 0.6) is 0 Å². The average molecular weight is 499 g/mol. The molecule has 1 aliphatic rings. The molecule has 0 atom stereocenters. The molecule has 3 aromatic rings. The second kappa shape index (κ2) is 11.1. The van der Waals surface area contributed by atoms with Crippen molar-refractivity contribution in [3.63, 3.8) is 0 Å². The van der Waals surface area contributed by atoms with Crippen LogP contribution in [0, 0.1) is 5.92 Å². The third kappa shape index (κ3) is 5.88. The van der Waals surface area contributed by atoms with Crippen LogP contribution in [-0.2, 0) is 6.54 Å². The Hall–Kier alpha value is -3.36. The van der Waals surface area contributed by atoms with Gasteiger partial charge in [-0.1, -0.05) is 75.7 Å². The molecule has 0 bridgehead atoms. The number of rotatable bonds is 10. The topological polar surface area (TPSA) is 60.9 Å². The van der Waals surface area contributed by atoms with Gasteiger partial charge in [0, 0.05) is 24.4 Å². The predicted octanol–water partition coefficient (Wildman–Crippen LogP) is 6.62. The molecular weight excluding hydrogens is 465 g/mol. The van der Waals surface area contributed by atoms with Crippen LogP contribution >= 0.6 is 0 Å². The number of hydrogen-bond acceptors (Lipinski definition) is 5. The molecule has 1 aliphatic heterocycles. The lowest BCUT2D eigenvalue weighted by Gasteiger charge is -2.26. The zero-order valence-corrected chi connectivity index (χ0v) is 21.0. The molecule has 0 aliphatic carbocycles. The maximum absolute atomic E-state index is 14.2. The molecule has 0 radical (unpaired) electrons. The lowest BCUT2D eigenvalue weighted by Crippen LogP contribution is -2.32. The van der Waals surface area contributed by atoms with Gasteiger partial charge in [-0.3, -0.25) is 0 Å². The highest BCUT2D eigenvalue weighted by Crippen LogP contribution is 2.40. The number of aromatic amines is 1. The molecule has 4 rings (SSSR count). The lowest BCUT2D eigenvalue weighted by molar-refractivity contribution is -0.110. The Morgan fingerprint density at radius 2 is 1.72 bits per heavy atom. The molecule has 9 heteroatoms. The van der Waals surface area contributed by atoms with Crippen molar-refractivity contribution >= 4 is 0 Å². The Morgan fingerprint density at radius 3 is 2.33 bits per heavy atom. The van der Waals surface area contributed by atoms with Gasteiger partial charge in [-0.25, -0.2) is 5.10 Å². The number of alkyl halides is 3. The van der Waals surface area contributed by atoms with Gasteiger partial charge < -0.3 is 9.80 Å². The molecule has 0 saturated carbocycles. The Morgan fingerprint density at radius 1 is 1.00 bits per heavy atom. The number of hydrogen-bond donors (Lipinski definition) is 1. The normalized spacial score (nSPS) is 14.4. The second-order valence-corrected chi connectivity index (χ2v) is 9.67. The Labute approximate surface area is 210 Å². The lowest BCUT2D eigenvalue weighted by atomic mass is 9.98. The van der Waals surface area contributed by atoms with E-state index in [1.165, 1.54) is 4.90 Å². The average Bonchev–Trinajstić information content (AvgIpc) is 3.50. The summed E-state index contributed by atoms with van der Waals surface area (Å²) in [5, 5.41) is 14.2. The summed E-state index contributed by atoms with van der Waals surface area (Å²) in [5.74, 6) is 0.925. The fourth-order valence-electron chi connectivity index (χ4n) is 4.62. The first-order chi connectivity index (χ1) is 17.3. The van der Waals surface area contributed by atoms with E-state index < -0.39 is 11.9 Å². The molecule has 2 aromatic carbocycles. The highest BCUT2D eigenvalue weighted by atomic mass is 19.4. The van der Waals surface area contributed by atoms with E-state index in [1.54, 1.807) is 0 Å². The number of nitrogens with zero attached hydrogens (tertiary/aromatic N) is 5. The van der Waals surface area contributed by atoms with Gasteiger partial charge in [-0.05, 0) is 52.3 Å². The summed E-state index contributed by atoms with van der Waals surface area (Å²) < 4.78 is 42.5. The highest BCUT2D eigenvalue weighted by Gasteiger charge is 2.45. The standard InChI is InChI=1S/C27H33F3N6/c1-4-5-10-24-25(27(28,29)30)35(16-15-19(2)3)18-36(24)17-20-11-13-21(14-12-20)22-8-6-7-9-23(22)26-31-33-34-32-26/h6-9,11-14,19H,4-5,10,15-18H2,1-3H3,(H,31,32,33,34). The predicted molar refractivity (Wildman–Crippen MR) is 134 cm³/mol. The third-order valence-electron chi connectivity index (χ3n) is 6.49. The summed E-state index contributed by atoms with van der Waals surface area (Å²) in [7, 11) is 0. The number of tetrazole rings is 1. The summed E-state index contributed by atoms with van der Waals surface area (Å²) in [6.07, 6.45) is -1.62. The minimum atomic E-state index is -4.36. The van der Waals surface area contributed by atoms with Crippen LogP contribution in [0.1, 0.15) is 52.0 Å². The molecule has 192 valence electrons. The van der Waals surface area contributed by atoms with E-state index in [2.05, 4.69) is 20.6 Å². The molecule has 1 N–H and O–H groups in total. The van der Waals surface area contributed by atoms with Crippen molar-refractivity contribution < 1.29 is 13.2 Å². The monoisotopic (exact) mass is 498 g/mol. The van der Waals surface area contributed by atoms with Gasteiger partial charge in [0.2, 0.25) is 0 Å². The zero-order chi connectivity index (χ0) is 25.7. The van der Waals surface area contributed by atoms with Gasteiger partial charge in [0.25, 0.3) is 0 Å². The minimum Gasteiger partial charge on any atom is -0.351 e. The van der Waals surface area contributed by atoms with Gasteiger partial charge in [0.05, 0.1) is 6.67 Å².